The average molecular weight is 499 g/mol. The molecule has 0 radical (unpaired) electrons. The lowest BCUT2D eigenvalue weighted by molar-refractivity contribution is -0.0176. The van der Waals surface area contributed by atoms with Crippen molar-refractivity contribution in [1.29, 1.82) is 0 Å². The van der Waals surface area contributed by atoms with E-state index in [9.17, 15) is 14.4 Å². The van der Waals surface area contributed by atoms with Crippen LogP contribution in [0, 0.1) is 17.8 Å². The van der Waals surface area contributed by atoms with E-state index in [4.69, 9.17) is 9.47 Å². The summed E-state index contributed by atoms with van der Waals surface area (Å²) in [6.07, 6.45) is 2.79. The average Bonchev–Trinajstić information content (AvgIpc) is 2.92. The Bertz CT molecular complexity index is 1230. The Morgan fingerprint density at radius 2 is 1.38 bits per heavy atom. The molecule has 0 unspecified atom stereocenters. The normalized spacial score (nSPS) is 19.3. The van der Waals surface area contributed by atoms with Gasteiger partial charge in [0, 0.05) is 5.56 Å². The highest BCUT2D eigenvalue weighted by atomic mass is 16.5. The zero-order valence-corrected chi connectivity index (χ0v) is 21.7. The van der Waals surface area contributed by atoms with Crippen LogP contribution >= 0.6 is 0 Å². The largest absolute Gasteiger partial charge is 0.458 e. The molecule has 0 heterocycles. The van der Waals surface area contributed by atoms with Crippen LogP contribution in [0.15, 0.2) is 78.9 Å². The van der Waals surface area contributed by atoms with Crippen LogP contribution in [-0.4, -0.2) is 30.4 Å². The summed E-state index contributed by atoms with van der Waals surface area (Å²) in [6.45, 7) is 6.06. The predicted octanol–water partition coefficient (Wildman–Crippen LogP) is 7.01. The van der Waals surface area contributed by atoms with E-state index in [-0.39, 0.29) is 23.0 Å². The Hall–Kier alpha value is -3.73. The second-order valence-electron chi connectivity index (χ2n) is 10.3. The van der Waals surface area contributed by atoms with Crippen LogP contribution < -0.4 is 0 Å². The van der Waals surface area contributed by atoms with Crippen molar-refractivity contribution in [2.75, 3.05) is 6.61 Å². The molecule has 0 saturated heterocycles. The number of hydrogen-bond donors (Lipinski definition) is 0. The van der Waals surface area contributed by atoms with Gasteiger partial charge in [-0.05, 0) is 53.9 Å². The first-order valence-corrected chi connectivity index (χ1v) is 13.0. The maximum Gasteiger partial charge on any atom is 0.339 e. The van der Waals surface area contributed by atoms with Crippen LogP contribution in [0.5, 0.6) is 0 Å². The van der Waals surface area contributed by atoms with Crippen molar-refractivity contribution in [2.24, 2.45) is 17.8 Å². The molecule has 192 valence electrons. The van der Waals surface area contributed by atoms with Crippen molar-refractivity contribution >= 4 is 17.7 Å². The fourth-order valence-corrected chi connectivity index (χ4v) is 5.06. The Kier molecular flexibility index (Phi) is 8.54. The lowest BCUT2D eigenvalue weighted by Crippen LogP contribution is -2.36. The Morgan fingerprint density at radius 1 is 0.784 bits per heavy atom. The number of ether oxygens (including phenoxy) is 2. The second kappa shape index (κ2) is 12.0. The van der Waals surface area contributed by atoms with Gasteiger partial charge in [-0.25, -0.2) is 9.59 Å². The lowest BCUT2D eigenvalue weighted by atomic mass is 9.75. The molecular weight excluding hydrogens is 464 g/mol. The predicted molar refractivity (Wildman–Crippen MR) is 143 cm³/mol. The highest BCUT2D eigenvalue weighted by Crippen LogP contribution is 2.36. The molecular formula is C32H34O5. The van der Waals surface area contributed by atoms with E-state index in [0.717, 1.165) is 30.4 Å². The summed E-state index contributed by atoms with van der Waals surface area (Å²) in [5.74, 6) is -0.382. The van der Waals surface area contributed by atoms with E-state index < -0.39 is 18.5 Å². The van der Waals surface area contributed by atoms with Gasteiger partial charge in [-0.1, -0.05) is 93.9 Å². The first-order valence-electron chi connectivity index (χ1n) is 13.0. The summed E-state index contributed by atoms with van der Waals surface area (Å²) in [7, 11) is 0. The summed E-state index contributed by atoms with van der Waals surface area (Å²) < 4.78 is 11.3. The van der Waals surface area contributed by atoms with Gasteiger partial charge < -0.3 is 9.47 Å². The van der Waals surface area contributed by atoms with Crippen molar-refractivity contribution in [3.63, 3.8) is 0 Å². The van der Waals surface area contributed by atoms with Gasteiger partial charge in [0.25, 0.3) is 0 Å². The van der Waals surface area contributed by atoms with E-state index in [1.807, 2.05) is 42.5 Å². The lowest BCUT2D eigenvalue weighted by Gasteiger charge is -2.36. The molecule has 37 heavy (non-hydrogen) atoms. The monoisotopic (exact) mass is 498 g/mol. The molecule has 0 amide bonds. The zero-order chi connectivity index (χ0) is 26.4. The molecule has 5 nitrogen and oxygen atoms in total. The van der Waals surface area contributed by atoms with E-state index in [2.05, 4.69) is 20.8 Å². The first-order chi connectivity index (χ1) is 17.8. The minimum Gasteiger partial charge on any atom is -0.458 e. The van der Waals surface area contributed by atoms with Crippen LogP contribution in [0.1, 0.15) is 71.1 Å². The van der Waals surface area contributed by atoms with Crippen LogP contribution in [0.2, 0.25) is 0 Å². The quantitative estimate of drug-likeness (QED) is 0.247. The molecule has 1 fully saturated rings. The van der Waals surface area contributed by atoms with Gasteiger partial charge in [-0.15, -0.1) is 0 Å². The van der Waals surface area contributed by atoms with E-state index >= 15 is 0 Å². The molecule has 3 atom stereocenters. The third kappa shape index (κ3) is 6.53. The van der Waals surface area contributed by atoms with Crippen LogP contribution in [0.4, 0.5) is 0 Å². The number of carbonyl (C=O) groups is 3. The summed E-state index contributed by atoms with van der Waals surface area (Å²) >= 11 is 0. The van der Waals surface area contributed by atoms with Gasteiger partial charge >= 0.3 is 11.9 Å². The number of hydrogen-bond acceptors (Lipinski definition) is 5. The van der Waals surface area contributed by atoms with Crippen molar-refractivity contribution < 1.29 is 23.9 Å². The Balaban J connectivity index is 1.40. The summed E-state index contributed by atoms with van der Waals surface area (Å²) in [6, 6.07) is 23.5. The molecule has 1 saturated carbocycles. The molecule has 1 aliphatic rings. The molecule has 0 aliphatic heterocycles. The number of carbonyl (C=O) groups excluding carboxylic acids is 3. The SMILES string of the molecule is CC(C)[C@@H]1CC[C@H](C)C[C@@H]1OC(=O)c1ccccc1C(=O)OCC(=O)c1ccc(-c2ccccc2)cc1. The van der Waals surface area contributed by atoms with Crippen molar-refractivity contribution in [1.82, 2.24) is 0 Å². The van der Waals surface area contributed by atoms with Gasteiger partial charge in [0.2, 0.25) is 0 Å². The van der Waals surface area contributed by atoms with Crippen molar-refractivity contribution in [3.05, 3.63) is 95.6 Å². The van der Waals surface area contributed by atoms with E-state index in [0.29, 0.717) is 23.3 Å². The zero-order valence-electron chi connectivity index (χ0n) is 21.7. The number of rotatable bonds is 8. The van der Waals surface area contributed by atoms with Gasteiger partial charge in [0.15, 0.2) is 12.4 Å². The fourth-order valence-electron chi connectivity index (χ4n) is 5.06. The summed E-state index contributed by atoms with van der Waals surface area (Å²) in [4.78, 5) is 38.7. The molecule has 0 aromatic heterocycles. The summed E-state index contributed by atoms with van der Waals surface area (Å²) in [5.41, 5.74) is 2.76. The van der Waals surface area contributed by atoms with Crippen LogP contribution in [0.3, 0.4) is 0 Å². The number of esters is 2. The first kappa shape index (κ1) is 26.3. The smallest absolute Gasteiger partial charge is 0.339 e. The molecule has 0 spiro atoms. The van der Waals surface area contributed by atoms with Gasteiger partial charge in [0.1, 0.15) is 6.10 Å². The summed E-state index contributed by atoms with van der Waals surface area (Å²) in [5, 5.41) is 0. The molecule has 1 aliphatic carbocycles. The second-order valence-corrected chi connectivity index (χ2v) is 10.3. The molecule has 3 aromatic carbocycles. The van der Waals surface area contributed by atoms with Crippen molar-refractivity contribution in [3.8, 4) is 11.1 Å². The van der Waals surface area contributed by atoms with Gasteiger partial charge in [0.05, 0.1) is 11.1 Å². The van der Waals surface area contributed by atoms with Crippen LogP contribution in [0.25, 0.3) is 11.1 Å². The number of Topliss-reactive ketones (excluding diaryl/α,β-unsaturated/α-hetero) is 1. The third-order valence-electron chi connectivity index (χ3n) is 7.23. The number of ketones is 1. The highest BCUT2D eigenvalue weighted by Gasteiger charge is 2.34. The molecule has 4 rings (SSSR count). The molecule has 0 N–H and O–H groups in total. The van der Waals surface area contributed by atoms with Gasteiger partial charge in [-0.3, -0.25) is 4.79 Å². The standard InChI is InChI=1S/C32H34O5/c1-21(2)26-18-13-22(3)19-30(26)37-32(35)28-12-8-7-11-27(28)31(34)36-20-29(33)25-16-14-24(15-17-25)23-9-5-4-6-10-23/h4-12,14-17,21-22,26,30H,13,18-20H2,1-3H3/t22-,26-,30-/m0/s1. The van der Waals surface area contributed by atoms with Gasteiger partial charge in [-0.2, -0.15) is 0 Å². The fraction of sp³-hybridized carbons (Fsp3) is 0.344. The Labute approximate surface area is 218 Å². The number of benzene rings is 3. The minimum atomic E-state index is -0.723. The topological polar surface area (TPSA) is 69.7 Å². The molecule has 0 bridgehead atoms. The van der Waals surface area contributed by atoms with E-state index in [1.165, 1.54) is 6.07 Å². The van der Waals surface area contributed by atoms with Crippen LogP contribution in [-0.2, 0) is 9.47 Å². The minimum absolute atomic E-state index is 0.102. The molecule has 3 aromatic rings. The van der Waals surface area contributed by atoms with E-state index in [1.54, 1.807) is 30.3 Å². The molecule has 5 heteroatoms. The Morgan fingerprint density at radius 3 is 2.03 bits per heavy atom. The van der Waals surface area contributed by atoms with Crippen molar-refractivity contribution in [2.45, 2.75) is 46.1 Å². The maximum atomic E-state index is 13.1. The highest BCUT2D eigenvalue weighted by molar-refractivity contribution is 6.04. The third-order valence-corrected chi connectivity index (χ3v) is 7.23. The maximum absolute atomic E-state index is 13.1.